The first-order chi connectivity index (χ1) is 15.5. The summed E-state index contributed by atoms with van der Waals surface area (Å²) in [6.07, 6.45) is 6.39. The molecular formula is C25H26N4O3. The van der Waals surface area contributed by atoms with E-state index >= 15 is 0 Å². The number of epoxide rings is 1. The molecule has 0 saturated carbocycles. The number of aromatic nitrogens is 4. The van der Waals surface area contributed by atoms with Gasteiger partial charge in [-0.15, -0.1) is 0 Å². The predicted octanol–water partition coefficient (Wildman–Crippen LogP) is 4.36. The Balaban J connectivity index is 1.60. The standard InChI is InChI=1S/C25H26N4O3/c1-25(15-32-25)11-21(17-7-19(30-3)10-20(8-17)31-4)16-5-6-22-23(9-16)28-24(13-26-22)18-12-27-29(2)14-18/h5-10,12-14,21H,11,15H2,1-4H3. The molecule has 0 aliphatic carbocycles. The highest BCUT2D eigenvalue weighted by Gasteiger charge is 2.42. The van der Waals surface area contributed by atoms with E-state index in [1.54, 1.807) is 31.3 Å². The van der Waals surface area contributed by atoms with Crippen LogP contribution in [0.1, 0.15) is 30.4 Å². The van der Waals surface area contributed by atoms with Crippen LogP contribution in [0.5, 0.6) is 11.5 Å². The molecule has 1 aliphatic heterocycles. The number of rotatable bonds is 7. The van der Waals surface area contributed by atoms with Crippen LogP contribution in [0.25, 0.3) is 22.3 Å². The van der Waals surface area contributed by atoms with E-state index in [1.165, 1.54) is 0 Å². The molecule has 7 heteroatoms. The van der Waals surface area contributed by atoms with E-state index in [-0.39, 0.29) is 11.5 Å². The minimum Gasteiger partial charge on any atom is -0.497 e. The van der Waals surface area contributed by atoms with E-state index in [0.29, 0.717) is 0 Å². The summed E-state index contributed by atoms with van der Waals surface area (Å²) in [4.78, 5) is 9.50. The van der Waals surface area contributed by atoms with E-state index in [9.17, 15) is 0 Å². The first kappa shape index (κ1) is 20.5. The topological polar surface area (TPSA) is 74.6 Å². The first-order valence-corrected chi connectivity index (χ1v) is 10.6. The van der Waals surface area contributed by atoms with Crippen molar-refractivity contribution in [1.29, 1.82) is 0 Å². The summed E-state index contributed by atoms with van der Waals surface area (Å²) in [5, 5.41) is 4.25. The smallest absolute Gasteiger partial charge is 0.122 e. The van der Waals surface area contributed by atoms with E-state index in [2.05, 4.69) is 41.3 Å². The Hall–Kier alpha value is -3.45. The Bertz CT molecular complexity index is 1260. The lowest BCUT2D eigenvalue weighted by Gasteiger charge is -2.22. The van der Waals surface area contributed by atoms with E-state index in [1.807, 2.05) is 25.4 Å². The molecule has 1 aliphatic rings. The maximum atomic E-state index is 5.75. The molecule has 32 heavy (non-hydrogen) atoms. The fourth-order valence-corrected chi connectivity index (χ4v) is 4.07. The Morgan fingerprint density at radius 3 is 2.41 bits per heavy atom. The number of hydrogen-bond donors (Lipinski definition) is 0. The van der Waals surface area contributed by atoms with Gasteiger partial charge in [0.15, 0.2) is 0 Å². The van der Waals surface area contributed by atoms with Gasteiger partial charge >= 0.3 is 0 Å². The second-order valence-corrected chi connectivity index (χ2v) is 8.55. The number of methoxy groups -OCH3 is 2. The Morgan fingerprint density at radius 2 is 1.78 bits per heavy atom. The molecular weight excluding hydrogens is 404 g/mol. The van der Waals surface area contributed by atoms with Crippen LogP contribution in [0.15, 0.2) is 55.0 Å². The number of aryl methyl sites for hydroxylation is 1. The molecule has 2 atom stereocenters. The largest absolute Gasteiger partial charge is 0.497 e. The molecule has 2 unspecified atom stereocenters. The molecule has 1 fully saturated rings. The molecule has 5 rings (SSSR count). The molecule has 1 saturated heterocycles. The molecule has 164 valence electrons. The summed E-state index contributed by atoms with van der Waals surface area (Å²) in [5.41, 5.74) is 5.61. The van der Waals surface area contributed by atoms with Crippen LogP contribution in [0.2, 0.25) is 0 Å². The van der Waals surface area contributed by atoms with Gasteiger partial charge < -0.3 is 14.2 Å². The summed E-state index contributed by atoms with van der Waals surface area (Å²) in [6, 6.07) is 12.3. The van der Waals surface area contributed by atoms with Crippen molar-refractivity contribution in [2.75, 3.05) is 20.8 Å². The van der Waals surface area contributed by atoms with Crippen molar-refractivity contribution in [2.24, 2.45) is 7.05 Å². The maximum absolute atomic E-state index is 5.75. The summed E-state index contributed by atoms with van der Waals surface area (Å²) < 4.78 is 18.6. The summed E-state index contributed by atoms with van der Waals surface area (Å²) in [6.45, 7) is 2.92. The summed E-state index contributed by atoms with van der Waals surface area (Å²) >= 11 is 0. The van der Waals surface area contributed by atoms with Crippen molar-refractivity contribution in [1.82, 2.24) is 19.7 Å². The molecule has 7 nitrogen and oxygen atoms in total. The normalized spacial score (nSPS) is 18.5. The fraction of sp³-hybridized carbons (Fsp3) is 0.320. The van der Waals surface area contributed by atoms with Gasteiger partial charge in [0.1, 0.15) is 11.5 Å². The van der Waals surface area contributed by atoms with Gasteiger partial charge in [0.25, 0.3) is 0 Å². The van der Waals surface area contributed by atoms with Crippen LogP contribution in [0.4, 0.5) is 0 Å². The number of hydrogen-bond acceptors (Lipinski definition) is 6. The number of benzene rings is 2. The van der Waals surface area contributed by atoms with Gasteiger partial charge in [-0.25, -0.2) is 4.98 Å². The van der Waals surface area contributed by atoms with Gasteiger partial charge in [-0.3, -0.25) is 9.67 Å². The van der Waals surface area contributed by atoms with Crippen LogP contribution < -0.4 is 9.47 Å². The minimum absolute atomic E-state index is 0.0970. The maximum Gasteiger partial charge on any atom is 0.122 e. The molecule has 4 aromatic rings. The third kappa shape index (κ3) is 4.03. The number of ether oxygens (including phenoxy) is 3. The first-order valence-electron chi connectivity index (χ1n) is 10.6. The quantitative estimate of drug-likeness (QED) is 0.406. The Kier molecular flexibility index (Phi) is 5.06. The van der Waals surface area contributed by atoms with E-state index < -0.39 is 0 Å². The number of fused-ring (bicyclic) bond motifs is 1. The van der Waals surface area contributed by atoms with Gasteiger partial charge in [0.2, 0.25) is 0 Å². The van der Waals surface area contributed by atoms with Crippen LogP contribution in [0.3, 0.4) is 0 Å². The van der Waals surface area contributed by atoms with Gasteiger partial charge in [-0.1, -0.05) is 6.07 Å². The third-order valence-corrected chi connectivity index (χ3v) is 6.02. The number of nitrogens with zero attached hydrogens (tertiary/aromatic N) is 4. The Morgan fingerprint density at radius 1 is 1.03 bits per heavy atom. The lowest BCUT2D eigenvalue weighted by atomic mass is 9.84. The van der Waals surface area contributed by atoms with Gasteiger partial charge in [0.05, 0.1) is 55.5 Å². The Labute approximate surface area is 187 Å². The molecule has 3 heterocycles. The van der Waals surface area contributed by atoms with Crippen molar-refractivity contribution >= 4 is 11.0 Å². The highest BCUT2D eigenvalue weighted by atomic mass is 16.6. The molecule has 0 spiro atoms. The molecule has 2 aromatic carbocycles. The van der Waals surface area contributed by atoms with Crippen LogP contribution in [-0.4, -0.2) is 46.2 Å². The van der Waals surface area contributed by atoms with E-state index in [4.69, 9.17) is 19.2 Å². The van der Waals surface area contributed by atoms with Crippen LogP contribution in [-0.2, 0) is 11.8 Å². The van der Waals surface area contributed by atoms with Crippen molar-refractivity contribution < 1.29 is 14.2 Å². The van der Waals surface area contributed by atoms with Crippen molar-refractivity contribution in [3.8, 4) is 22.8 Å². The third-order valence-electron chi connectivity index (χ3n) is 6.02. The predicted molar refractivity (Wildman–Crippen MR) is 122 cm³/mol. The lowest BCUT2D eigenvalue weighted by Crippen LogP contribution is -2.13. The lowest BCUT2D eigenvalue weighted by molar-refractivity contribution is 0.300. The average Bonchev–Trinajstić information content (AvgIpc) is 3.39. The highest BCUT2D eigenvalue weighted by Crippen LogP contribution is 2.42. The molecule has 0 N–H and O–H groups in total. The molecule has 0 bridgehead atoms. The minimum atomic E-state index is -0.126. The summed E-state index contributed by atoms with van der Waals surface area (Å²) in [7, 11) is 5.23. The highest BCUT2D eigenvalue weighted by molar-refractivity contribution is 5.78. The second-order valence-electron chi connectivity index (χ2n) is 8.55. The molecule has 2 aromatic heterocycles. The fourth-order valence-electron chi connectivity index (χ4n) is 4.07. The zero-order chi connectivity index (χ0) is 22.3. The monoisotopic (exact) mass is 430 g/mol. The van der Waals surface area contributed by atoms with Gasteiger partial charge in [-0.05, 0) is 48.7 Å². The SMILES string of the molecule is COc1cc(OC)cc(C(CC2(C)CO2)c2ccc3ncc(-c4cnn(C)c4)nc3c2)c1. The van der Waals surface area contributed by atoms with Crippen molar-refractivity contribution in [3.63, 3.8) is 0 Å². The second kappa shape index (κ2) is 7.91. The van der Waals surface area contributed by atoms with Crippen molar-refractivity contribution in [2.45, 2.75) is 24.9 Å². The van der Waals surface area contributed by atoms with Crippen LogP contribution in [0, 0.1) is 0 Å². The van der Waals surface area contributed by atoms with Gasteiger partial charge in [0, 0.05) is 30.8 Å². The zero-order valence-corrected chi connectivity index (χ0v) is 18.7. The van der Waals surface area contributed by atoms with Crippen LogP contribution >= 0.6 is 0 Å². The zero-order valence-electron chi connectivity index (χ0n) is 18.7. The van der Waals surface area contributed by atoms with Crippen molar-refractivity contribution in [3.05, 3.63) is 66.1 Å². The van der Waals surface area contributed by atoms with E-state index in [0.717, 1.165) is 57.9 Å². The molecule has 0 amide bonds. The van der Waals surface area contributed by atoms with Gasteiger partial charge in [-0.2, -0.15) is 5.10 Å². The average molecular weight is 431 g/mol. The summed E-state index contributed by atoms with van der Waals surface area (Å²) in [5.74, 6) is 1.64. The molecule has 0 radical (unpaired) electrons.